The number of benzene rings is 1. The molecule has 0 spiro atoms. The molecule has 1 N–H and O–H groups in total. The van der Waals surface area contributed by atoms with Crippen molar-refractivity contribution >= 4 is 13.3 Å². The predicted molar refractivity (Wildman–Crippen MR) is 115 cm³/mol. The highest BCUT2D eigenvalue weighted by Crippen LogP contribution is 2.35. The van der Waals surface area contributed by atoms with E-state index >= 15 is 0 Å². The molecule has 1 aromatic rings. The summed E-state index contributed by atoms with van der Waals surface area (Å²) < 4.78 is 0. The average molecular weight is 359 g/mol. The monoisotopic (exact) mass is 358 g/mol. The molecule has 140 valence electrons. The van der Waals surface area contributed by atoms with Gasteiger partial charge in [0.05, 0.1) is 14.2 Å². The van der Waals surface area contributed by atoms with E-state index < -0.39 is 8.07 Å². The van der Waals surface area contributed by atoms with Gasteiger partial charge in [0, 0.05) is 0 Å². The number of aliphatic hydroxyl groups is 1. The Hall–Kier alpha value is -1.12. The topological polar surface area (TPSA) is 20.2 Å². The van der Waals surface area contributed by atoms with Crippen LogP contribution in [0.4, 0.5) is 0 Å². The molecule has 4 atom stereocenters. The van der Waals surface area contributed by atoms with Crippen LogP contribution in [0.1, 0.15) is 47.0 Å². The van der Waals surface area contributed by atoms with E-state index in [2.05, 4.69) is 89.9 Å². The summed E-state index contributed by atoms with van der Waals surface area (Å²) in [5, 5.41) is 12.3. The third-order valence-corrected chi connectivity index (χ3v) is 9.88. The molecule has 0 heterocycles. The van der Waals surface area contributed by atoms with Gasteiger partial charge in [0.1, 0.15) is 0 Å². The van der Waals surface area contributed by atoms with E-state index in [1.807, 2.05) is 0 Å². The molecule has 0 aliphatic carbocycles. The average Bonchev–Trinajstić information content (AvgIpc) is 2.55. The van der Waals surface area contributed by atoms with Crippen molar-refractivity contribution < 1.29 is 5.11 Å². The first-order chi connectivity index (χ1) is 11.7. The van der Waals surface area contributed by atoms with Crippen molar-refractivity contribution in [3.8, 4) is 0 Å². The first kappa shape index (κ1) is 21.9. The van der Waals surface area contributed by atoms with E-state index in [9.17, 15) is 5.11 Å². The zero-order valence-electron chi connectivity index (χ0n) is 17.1. The predicted octanol–water partition coefficient (Wildman–Crippen LogP) is 5.93. The molecule has 2 heteroatoms. The Morgan fingerprint density at radius 2 is 1.76 bits per heavy atom. The smallest absolute Gasteiger partial charge is 0.0877 e. The summed E-state index contributed by atoms with van der Waals surface area (Å²) in [4.78, 5) is 0. The summed E-state index contributed by atoms with van der Waals surface area (Å²) in [6, 6.07) is 10.8. The third kappa shape index (κ3) is 6.60. The Kier molecular flexibility index (Phi) is 8.88. The molecule has 0 fully saturated rings. The van der Waals surface area contributed by atoms with Gasteiger partial charge in [-0.3, -0.25) is 0 Å². The fraction of sp³-hybridized carbons (Fsp3) is 0.565. The summed E-state index contributed by atoms with van der Waals surface area (Å²) in [6.45, 7) is 17.7. The van der Waals surface area contributed by atoms with E-state index in [0.717, 1.165) is 19.3 Å². The summed E-state index contributed by atoms with van der Waals surface area (Å²) in [7, 11) is -1.71. The van der Waals surface area contributed by atoms with Crippen LogP contribution >= 0.6 is 0 Å². The zero-order valence-corrected chi connectivity index (χ0v) is 18.1. The third-order valence-electron chi connectivity index (χ3n) is 5.63. The molecule has 1 aromatic carbocycles. The highest BCUT2D eigenvalue weighted by Gasteiger charge is 2.37. The number of rotatable bonds is 10. The highest BCUT2D eigenvalue weighted by molar-refractivity contribution is 6.91. The van der Waals surface area contributed by atoms with Crippen LogP contribution in [0.2, 0.25) is 18.6 Å². The molecular formula is C23H38OSi. The minimum Gasteiger partial charge on any atom is -0.393 e. The van der Waals surface area contributed by atoms with Gasteiger partial charge in [-0.25, -0.2) is 0 Å². The quantitative estimate of drug-likeness (QED) is 0.406. The van der Waals surface area contributed by atoms with Crippen molar-refractivity contribution in [2.75, 3.05) is 0 Å². The maximum atomic E-state index is 10.9. The van der Waals surface area contributed by atoms with Crippen LogP contribution in [0.3, 0.4) is 0 Å². The van der Waals surface area contributed by atoms with Crippen LogP contribution < -0.4 is 5.19 Å². The summed E-state index contributed by atoms with van der Waals surface area (Å²) in [6.07, 6.45) is 7.26. The van der Waals surface area contributed by atoms with Crippen LogP contribution in [-0.2, 0) is 0 Å². The molecule has 0 aliphatic heterocycles. The highest BCUT2D eigenvalue weighted by atomic mass is 28.3. The number of hydrogen-bond donors (Lipinski definition) is 1. The van der Waals surface area contributed by atoms with Crippen molar-refractivity contribution in [3.05, 3.63) is 54.6 Å². The lowest BCUT2D eigenvalue weighted by molar-refractivity contribution is 0.0912. The minimum absolute atomic E-state index is 0.241. The Labute approximate surface area is 156 Å². The van der Waals surface area contributed by atoms with Crippen LogP contribution in [-0.4, -0.2) is 19.3 Å². The van der Waals surface area contributed by atoms with E-state index in [1.54, 1.807) is 0 Å². The van der Waals surface area contributed by atoms with Gasteiger partial charge >= 0.3 is 0 Å². The molecular weight excluding hydrogens is 320 g/mol. The Morgan fingerprint density at radius 1 is 1.16 bits per heavy atom. The molecule has 25 heavy (non-hydrogen) atoms. The Bertz CT molecular complexity index is 542. The van der Waals surface area contributed by atoms with Crippen molar-refractivity contribution in [1.82, 2.24) is 0 Å². The lowest BCUT2D eigenvalue weighted by Crippen LogP contribution is -2.49. The summed E-state index contributed by atoms with van der Waals surface area (Å²) in [5.74, 6) is 0.783. The molecule has 0 radical (unpaired) electrons. The van der Waals surface area contributed by atoms with Gasteiger partial charge in [0.25, 0.3) is 0 Å². The molecule has 0 amide bonds. The molecule has 0 aliphatic rings. The van der Waals surface area contributed by atoms with Crippen LogP contribution in [0.15, 0.2) is 54.6 Å². The van der Waals surface area contributed by atoms with Gasteiger partial charge in [-0.05, 0) is 50.5 Å². The number of allylic oxidation sites excluding steroid dienone is 3. The Morgan fingerprint density at radius 3 is 2.28 bits per heavy atom. The molecule has 0 bridgehead atoms. The van der Waals surface area contributed by atoms with E-state index in [1.165, 1.54) is 10.8 Å². The second kappa shape index (κ2) is 10.1. The van der Waals surface area contributed by atoms with Gasteiger partial charge in [0.15, 0.2) is 0 Å². The molecule has 0 saturated carbocycles. The molecule has 1 rings (SSSR count). The minimum atomic E-state index is -1.71. The van der Waals surface area contributed by atoms with Gasteiger partial charge in [-0.15, -0.1) is 6.58 Å². The van der Waals surface area contributed by atoms with E-state index in [-0.39, 0.29) is 12.0 Å². The van der Waals surface area contributed by atoms with Crippen molar-refractivity contribution in [2.24, 2.45) is 11.8 Å². The molecule has 0 aromatic heterocycles. The Balaban J connectivity index is 2.75. The fourth-order valence-corrected chi connectivity index (χ4v) is 7.43. The fourth-order valence-electron chi connectivity index (χ4n) is 3.87. The van der Waals surface area contributed by atoms with Crippen molar-refractivity contribution in [2.45, 2.75) is 71.7 Å². The molecule has 3 unspecified atom stereocenters. The largest absolute Gasteiger partial charge is 0.393 e. The lowest BCUT2D eigenvalue weighted by atomic mass is 9.90. The molecule has 0 saturated heterocycles. The maximum Gasteiger partial charge on any atom is 0.0877 e. The SMILES string of the molecule is C=CC(C(C)C(O)C[C@@H](C)CCC=C(C)C)[Si](C)(C)c1ccccc1. The van der Waals surface area contributed by atoms with E-state index in [0.29, 0.717) is 11.5 Å². The maximum absolute atomic E-state index is 10.9. The van der Waals surface area contributed by atoms with Crippen molar-refractivity contribution in [1.29, 1.82) is 0 Å². The van der Waals surface area contributed by atoms with Gasteiger partial charge < -0.3 is 5.11 Å². The van der Waals surface area contributed by atoms with E-state index in [4.69, 9.17) is 0 Å². The number of aliphatic hydroxyl groups excluding tert-OH is 1. The normalized spacial score (nSPS) is 16.6. The first-order valence-electron chi connectivity index (χ1n) is 9.69. The summed E-state index contributed by atoms with van der Waals surface area (Å²) >= 11 is 0. The van der Waals surface area contributed by atoms with Crippen LogP contribution in [0.5, 0.6) is 0 Å². The first-order valence-corrected chi connectivity index (χ1v) is 12.8. The molecule has 1 nitrogen and oxygen atoms in total. The van der Waals surface area contributed by atoms with Gasteiger partial charge in [0.2, 0.25) is 0 Å². The van der Waals surface area contributed by atoms with Gasteiger partial charge in [-0.1, -0.05) is 80.2 Å². The zero-order chi connectivity index (χ0) is 19.0. The van der Waals surface area contributed by atoms with Crippen LogP contribution in [0, 0.1) is 11.8 Å². The number of hydrogen-bond acceptors (Lipinski definition) is 1. The van der Waals surface area contributed by atoms with Crippen LogP contribution in [0.25, 0.3) is 0 Å². The standard InChI is InChI=1S/C23H38OSi/c1-8-23(25(6,7)21-15-10-9-11-16-21)20(5)22(24)17-19(4)14-12-13-18(2)3/h8-11,13,15-16,19-20,22-24H,1,12,14,17H2,2-7H3/t19-,20?,22?,23?/m0/s1. The summed E-state index contributed by atoms with van der Waals surface area (Å²) in [5.41, 5.74) is 1.75. The second-order valence-corrected chi connectivity index (χ2v) is 13.2. The van der Waals surface area contributed by atoms with Crippen molar-refractivity contribution in [3.63, 3.8) is 0 Å². The lowest BCUT2D eigenvalue weighted by Gasteiger charge is -2.38. The second-order valence-electron chi connectivity index (χ2n) is 8.48. The van der Waals surface area contributed by atoms with Gasteiger partial charge in [-0.2, -0.15) is 0 Å².